The van der Waals surface area contributed by atoms with Gasteiger partial charge in [-0.25, -0.2) is 0 Å². The van der Waals surface area contributed by atoms with Gasteiger partial charge in [0.2, 0.25) is 0 Å². The maximum Gasteiger partial charge on any atom is 0.295 e. The molecule has 1 atom stereocenters. The van der Waals surface area contributed by atoms with Gasteiger partial charge >= 0.3 is 0 Å². The van der Waals surface area contributed by atoms with Gasteiger partial charge in [-0.15, -0.1) is 0 Å². The maximum absolute atomic E-state index is 13.2. The summed E-state index contributed by atoms with van der Waals surface area (Å²) in [6.45, 7) is 5.42. The molecule has 0 radical (unpaired) electrons. The lowest BCUT2D eigenvalue weighted by Gasteiger charge is -2.26. The number of benzene rings is 2. The number of hydrogen-bond acceptors (Lipinski definition) is 6. The minimum absolute atomic E-state index is 0.0583. The molecule has 1 amide bonds. The van der Waals surface area contributed by atoms with Crippen molar-refractivity contribution in [3.8, 4) is 17.2 Å². The van der Waals surface area contributed by atoms with Gasteiger partial charge in [0.25, 0.3) is 11.7 Å². The van der Waals surface area contributed by atoms with Gasteiger partial charge in [-0.3, -0.25) is 9.59 Å². The van der Waals surface area contributed by atoms with Crippen LogP contribution in [-0.2, 0) is 9.59 Å². The molecular formula is C27H35N2O6+. The van der Waals surface area contributed by atoms with E-state index in [2.05, 4.69) is 0 Å². The molecule has 1 aliphatic heterocycles. The molecule has 1 saturated heterocycles. The fourth-order valence-corrected chi connectivity index (χ4v) is 4.37. The number of nitrogens with one attached hydrogen (secondary N) is 1. The Morgan fingerprint density at radius 2 is 1.71 bits per heavy atom. The lowest BCUT2D eigenvalue weighted by Crippen LogP contribution is -3.05. The highest BCUT2D eigenvalue weighted by Gasteiger charge is 2.46. The van der Waals surface area contributed by atoms with Crippen molar-refractivity contribution in [2.45, 2.75) is 26.3 Å². The highest BCUT2D eigenvalue weighted by atomic mass is 16.5. The van der Waals surface area contributed by atoms with Crippen molar-refractivity contribution >= 4 is 17.4 Å². The van der Waals surface area contributed by atoms with Gasteiger partial charge in [-0.1, -0.05) is 6.07 Å². The van der Waals surface area contributed by atoms with E-state index in [0.717, 1.165) is 12.1 Å². The first-order valence-electron chi connectivity index (χ1n) is 11.8. The van der Waals surface area contributed by atoms with Crippen molar-refractivity contribution in [2.24, 2.45) is 0 Å². The number of carbonyl (C=O) groups is 2. The average Bonchev–Trinajstić information content (AvgIpc) is 3.08. The van der Waals surface area contributed by atoms with E-state index in [1.165, 1.54) is 4.90 Å². The first-order chi connectivity index (χ1) is 16.7. The highest BCUT2D eigenvalue weighted by Crippen LogP contribution is 2.42. The Morgan fingerprint density at radius 1 is 1.03 bits per heavy atom. The van der Waals surface area contributed by atoms with E-state index in [0.29, 0.717) is 47.9 Å². The number of ether oxygens (including phenoxy) is 3. The van der Waals surface area contributed by atoms with Gasteiger partial charge in [0, 0.05) is 18.5 Å². The summed E-state index contributed by atoms with van der Waals surface area (Å²) < 4.78 is 16.5. The summed E-state index contributed by atoms with van der Waals surface area (Å²) in [5.74, 6) is 0.189. The number of amides is 1. The van der Waals surface area contributed by atoms with Gasteiger partial charge in [0.15, 0.2) is 11.5 Å². The monoisotopic (exact) mass is 483 g/mol. The molecular weight excluding hydrogens is 448 g/mol. The quantitative estimate of drug-likeness (QED) is 0.306. The molecule has 1 heterocycles. The molecule has 3 rings (SSSR count). The number of aliphatic hydroxyl groups excluding tert-OH is 1. The van der Waals surface area contributed by atoms with Crippen LogP contribution in [0.3, 0.4) is 0 Å². The van der Waals surface area contributed by atoms with E-state index in [1.54, 1.807) is 55.5 Å². The summed E-state index contributed by atoms with van der Waals surface area (Å²) >= 11 is 0. The molecule has 35 heavy (non-hydrogen) atoms. The van der Waals surface area contributed by atoms with Crippen molar-refractivity contribution in [1.82, 2.24) is 4.90 Å². The fourth-order valence-electron chi connectivity index (χ4n) is 4.37. The van der Waals surface area contributed by atoms with Crippen LogP contribution in [0.2, 0.25) is 0 Å². The highest BCUT2D eigenvalue weighted by molar-refractivity contribution is 6.46. The van der Waals surface area contributed by atoms with Gasteiger partial charge in [0.05, 0.1) is 53.1 Å². The Labute approximate surface area is 206 Å². The summed E-state index contributed by atoms with van der Waals surface area (Å²) in [4.78, 5) is 29.2. The topological polar surface area (TPSA) is 89.7 Å². The van der Waals surface area contributed by atoms with Crippen LogP contribution < -0.4 is 19.1 Å². The van der Waals surface area contributed by atoms with E-state index < -0.39 is 17.7 Å². The van der Waals surface area contributed by atoms with E-state index in [1.807, 2.05) is 27.9 Å². The molecule has 0 aromatic heterocycles. The molecule has 2 aromatic carbocycles. The molecule has 1 fully saturated rings. The minimum atomic E-state index is -0.751. The zero-order valence-corrected chi connectivity index (χ0v) is 21.3. The molecule has 0 spiro atoms. The molecule has 1 aliphatic rings. The van der Waals surface area contributed by atoms with E-state index >= 15 is 0 Å². The third-order valence-corrected chi connectivity index (χ3v) is 6.09. The number of carbonyl (C=O) groups excluding carboxylic acids is 2. The second kappa shape index (κ2) is 11.3. The van der Waals surface area contributed by atoms with Crippen molar-refractivity contribution in [3.05, 3.63) is 58.7 Å². The number of hydrogen-bond donors (Lipinski definition) is 2. The molecule has 1 unspecified atom stereocenters. The summed E-state index contributed by atoms with van der Waals surface area (Å²) in [5, 5.41) is 11.3. The Balaban J connectivity index is 2.15. The first-order valence-corrected chi connectivity index (χ1v) is 11.8. The second-order valence-corrected chi connectivity index (χ2v) is 8.83. The lowest BCUT2D eigenvalue weighted by molar-refractivity contribution is -0.858. The summed E-state index contributed by atoms with van der Waals surface area (Å²) in [7, 11) is 7.19. The van der Waals surface area contributed by atoms with Crippen LogP contribution in [0.25, 0.3) is 5.76 Å². The normalized spacial score (nSPS) is 17.2. The van der Waals surface area contributed by atoms with Crippen LogP contribution in [0.15, 0.2) is 42.0 Å². The molecule has 0 saturated carbocycles. The van der Waals surface area contributed by atoms with Gasteiger partial charge in [-0.05, 0) is 55.3 Å². The molecule has 2 N–H and O–H groups in total. The van der Waals surface area contributed by atoms with Crippen molar-refractivity contribution in [2.75, 3.05) is 48.0 Å². The van der Waals surface area contributed by atoms with Crippen molar-refractivity contribution in [1.29, 1.82) is 0 Å². The van der Waals surface area contributed by atoms with Crippen LogP contribution in [0.5, 0.6) is 17.2 Å². The van der Waals surface area contributed by atoms with Crippen molar-refractivity contribution in [3.63, 3.8) is 0 Å². The standard InChI is InChI=1S/C27H34N2O6/c1-7-35-21-12-9-18(16-22(21)34-6)24-23(25(30)19-10-11-20(33-5)17(2)15-19)26(31)27(32)29(24)14-8-13-28(3)4/h9-12,15-16,24,30H,7-8,13-14H2,1-6H3/p+1. The summed E-state index contributed by atoms with van der Waals surface area (Å²) in [6.07, 6.45) is 0.710. The maximum atomic E-state index is 13.2. The number of quaternary nitrogens is 1. The predicted molar refractivity (Wildman–Crippen MR) is 133 cm³/mol. The Hall–Kier alpha value is -3.52. The number of methoxy groups -OCH3 is 2. The molecule has 8 heteroatoms. The smallest absolute Gasteiger partial charge is 0.295 e. The Kier molecular flexibility index (Phi) is 8.40. The van der Waals surface area contributed by atoms with Crippen LogP contribution >= 0.6 is 0 Å². The molecule has 2 aromatic rings. The second-order valence-electron chi connectivity index (χ2n) is 8.83. The zero-order valence-electron chi connectivity index (χ0n) is 21.3. The summed E-state index contributed by atoms with van der Waals surface area (Å²) in [6, 6.07) is 9.74. The predicted octanol–water partition coefficient (Wildman–Crippen LogP) is 2.37. The minimum Gasteiger partial charge on any atom is -0.507 e. The van der Waals surface area contributed by atoms with E-state index in [-0.39, 0.29) is 11.3 Å². The third-order valence-electron chi connectivity index (χ3n) is 6.09. The lowest BCUT2D eigenvalue weighted by atomic mass is 9.94. The largest absolute Gasteiger partial charge is 0.507 e. The van der Waals surface area contributed by atoms with Crippen LogP contribution in [0, 0.1) is 6.92 Å². The van der Waals surface area contributed by atoms with Gasteiger partial charge in [-0.2, -0.15) is 0 Å². The van der Waals surface area contributed by atoms with Gasteiger partial charge in [0.1, 0.15) is 11.5 Å². The number of nitrogens with zero attached hydrogens (tertiary/aromatic N) is 1. The number of likely N-dealkylation sites (tertiary alicyclic amines) is 1. The first kappa shape index (κ1) is 26.1. The van der Waals surface area contributed by atoms with Gasteiger partial charge < -0.3 is 29.1 Å². The number of aryl methyl sites for hydroxylation is 1. The Morgan fingerprint density at radius 3 is 2.31 bits per heavy atom. The number of aliphatic hydroxyl groups is 1. The molecule has 8 nitrogen and oxygen atoms in total. The van der Waals surface area contributed by atoms with E-state index in [4.69, 9.17) is 14.2 Å². The number of Topliss-reactive ketones (excluding diaryl/α,β-unsaturated/α-hetero) is 1. The summed E-state index contributed by atoms with van der Waals surface area (Å²) in [5.41, 5.74) is 1.97. The van der Waals surface area contributed by atoms with Crippen molar-refractivity contribution < 1.29 is 33.8 Å². The Bertz CT molecular complexity index is 1120. The van der Waals surface area contributed by atoms with Crippen LogP contribution in [0.4, 0.5) is 0 Å². The average molecular weight is 484 g/mol. The third kappa shape index (κ3) is 5.43. The number of rotatable bonds is 10. The molecule has 0 aliphatic carbocycles. The molecule has 188 valence electrons. The van der Waals surface area contributed by atoms with Crippen LogP contribution in [0.1, 0.15) is 36.1 Å². The van der Waals surface area contributed by atoms with E-state index in [9.17, 15) is 14.7 Å². The molecule has 0 bridgehead atoms. The fraction of sp³-hybridized carbons (Fsp3) is 0.407. The SMILES string of the molecule is CCOc1ccc(C2C(=C(O)c3ccc(OC)c(C)c3)C(=O)C(=O)N2CCC[NH+](C)C)cc1OC. The number of ketones is 1. The van der Waals surface area contributed by atoms with Crippen LogP contribution in [-0.4, -0.2) is 69.7 Å². The zero-order chi connectivity index (χ0) is 25.7.